The topological polar surface area (TPSA) is 101 Å². The first-order chi connectivity index (χ1) is 10.2. The lowest BCUT2D eigenvalue weighted by Gasteiger charge is -2.28. The molecule has 7 nitrogen and oxygen atoms in total. The number of benzene rings is 1. The number of aryl methyl sites for hydroxylation is 1. The Hall–Kier alpha value is -1.51. The molecule has 22 heavy (non-hydrogen) atoms. The first-order valence-corrected chi connectivity index (χ1v) is 8.70. The standard InChI is InChI=1S/C14H21N3O4S/c1-9-6-13(17(18)19)8-14(11(9)3)22(20,21)16-12-4-5-15-10(2)7-12/h6,8,10,12,15-16H,4-5,7H2,1-3H3. The van der Waals surface area contributed by atoms with E-state index in [1.807, 2.05) is 6.92 Å². The van der Waals surface area contributed by atoms with Crippen molar-refractivity contribution in [3.63, 3.8) is 0 Å². The van der Waals surface area contributed by atoms with E-state index in [4.69, 9.17) is 0 Å². The third-order valence-corrected chi connectivity index (χ3v) is 5.70. The van der Waals surface area contributed by atoms with Crippen LogP contribution in [0.4, 0.5) is 5.69 Å². The second kappa shape index (κ2) is 6.31. The van der Waals surface area contributed by atoms with Crippen LogP contribution in [0.15, 0.2) is 17.0 Å². The van der Waals surface area contributed by atoms with Gasteiger partial charge in [0.15, 0.2) is 0 Å². The van der Waals surface area contributed by atoms with E-state index in [0.717, 1.165) is 12.6 Å². The summed E-state index contributed by atoms with van der Waals surface area (Å²) in [5.74, 6) is 0. The first kappa shape index (κ1) is 16.9. The van der Waals surface area contributed by atoms with Crippen molar-refractivity contribution in [2.24, 2.45) is 0 Å². The van der Waals surface area contributed by atoms with Crippen LogP contribution in [-0.4, -0.2) is 32.0 Å². The van der Waals surface area contributed by atoms with Gasteiger partial charge in [0.1, 0.15) is 0 Å². The SMILES string of the molecule is Cc1cc([N+](=O)[O-])cc(S(=O)(=O)NC2CCNC(C)C2)c1C. The van der Waals surface area contributed by atoms with E-state index < -0.39 is 14.9 Å². The molecule has 2 rings (SSSR count). The van der Waals surface area contributed by atoms with Crippen LogP contribution in [0, 0.1) is 24.0 Å². The number of hydrogen-bond acceptors (Lipinski definition) is 5. The maximum Gasteiger partial charge on any atom is 0.271 e. The molecule has 122 valence electrons. The van der Waals surface area contributed by atoms with Gasteiger partial charge in [0.05, 0.1) is 9.82 Å². The summed E-state index contributed by atoms with van der Waals surface area (Å²) in [5.41, 5.74) is 0.926. The quantitative estimate of drug-likeness (QED) is 0.646. The van der Waals surface area contributed by atoms with Gasteiger partial charge in [-0.3, -0.25) is 10.1 Å². The Kier molecular flexibility index (Phi) is 4.84. The van der Waals surface area contributed by atoms with E-state index in [1.54, 1.807) is 13.8 Å². The molecule has 0 aromatic heterocycles. The molecule has 1 saturated heterocycles. The molecule has 1 aromatic rings. The fourth-order valence-corrected chi connectivity index (χ4v) is 4.33. The average Bonchev–Trinajstić information content (AvgIpc) is 2.40. The first-order valence-electron chi connectivity index (χ1n) is 7.22. The summed E-state index contributed by atoms with van der Waals surface area (Å²) < 4.78 is 27.9. The molecule has 0 aliphatic carbocycles. The number of nitrogens with one attached hydrogen (secondary N) is 2. The molecule has 1 aromatic carbocycles. The zero-order valence-electron chi connectivity index (χ0n) is 12.9. The lowest BCUT2D eigenvalue weighted by atomic mass is 10.0. The molecule has 0 spiro atoms. The number of rotatable bonds is 4. The average molecular weight is 327 g/mol. The Labute approximate surface area is 130 Å². The molecule has 8 heteroatoms. The van der Waals surface area contributed by atoms with Crippen LogP contribution in [0.3, 0.4) is 0 Å². The Morgan fingerprint density at radius 2 is 2.05 bits per heavy atom. The predicted molar refractivity (Wildman–Crippen MR) is 83.4 cm³/mol. The van der Waals surface area contributed by atoms with Crippen LogP contribution < -0.4 is 10.0 Å². The third-order valence-electron chi connectivity index (χ3n) is 4.05. The molecular formula is C14H21N3O4S. The zero-order chi connectivity index (χ0) is 16.5. The van der Waals surface area contributed by atoms with E-state index in [0.29, 0.717) is 24.0 Å². The molecule has 1 aliphatic rings. The van der Waals surface area contributed by atoms with Crippen molar-refractivity contribution in [3.8, 4) is 0 Å². The number of nitrogens with zero attached hydrogens (tertiary/aromatic N) is 1. The minimum absolute atomic E-state index is 0.00890. The molecule has 1 aliphatic heterocycles. The van der Waals surface area contributed by atoms with Gasteiger partial charge < -0.3 is 5.32 Å². The molecule has 0 bridgehead atoms. The van der Waals surface area contributed by atoms with Crippen LogP contribution in [-0.2, 0) is 10.0 Å². The monoisotopic (exact) mass is 327 g/mol. The summed E-state index contributed by atoms with van der Waals surface area (Å²) >= 11 is 0. The second-order valence-corrected chi connectivity index (χ2v) is 7.52. The van der Waals surface area contributed by atoms with E-state index >= 15 is 0 Å². The van der Waals surface area contributed by atoms with Crippen molar-refractivity contribution in [2.45, 2.75) is 50.6 Å². The summed E-state index contributed by atoms with van der Waals surface area (Å²) in [6.45, 7) is 6.09. The lowest BCUT2D eigenvalue weighted by Crippen LogP contribution is -2.46. The molecule has 2 unspecified atom stereocenters. The minimum Gasteiger partial charge on any atom is -0.314 e. The summed E-state index contributed by atoms with van der Waals surface area (Å²) in [4.78, 5) is 10.4. The number of non-ortho nitro benzene ring substituents is 1. The molecule has 1 heterocycles. The van der Waals surface area contributed by atoms with Crippen LogP contribution in [0.2, 0.25) is 0 Å². The highest BCUT2D eigenvalue weighted by Crippen LogP contribution is 2.26. The van der Waals surface area contributed by atoms with Gasteiger partial charge in [-0.1, -0.05) is 0 Å². The summed E-state index contributed by atoms with van der Waals surface area (Å²) in [5, 5.41) is 14.2. The highest BCUT2D eigenvalue weighted by molar-refractivity contribution is 7.89. The van der Waals surface area contributed by atoms with Crippen LogP contribution in [0.25, 0.3) is 0 Å². The van der Waals surface area contributed by atoms with Gasteiger partial charge in [-0.25, -0.2) is 13.1 Å². The number of nitro benzene ring substituents is 1. The number of hydrogen-bond donors (Lipinski definition) is 2. The fraction of sp³-hybridized carbons (Fsp3) is 0.571. The Morgan fingerprint density at radius 3 is 2.64 bits per heavy atom. The molecule has 0 amide bonds. The van der Waals surface area contributed by atoms with E-state index in [9.17, 15) is 18.5 Å². The Bertz CT molecular complexity index is 688. The van der Waals surface area contributed by atoms with Gasteiger partial charge in [0, 0.05) is 24.2 Å². The smallest absolute Gasteiger partial charge is 0.271 e. The van der Waals surface area contributed by atoms with Crippen molar-refractivity contribution < 1.29 is 13.3 Å². The van der Waals surface area contributed by atoms with Gasteiger partial charge in [-0.15, -0.1) is 0 Å². The Balaban J connectivity index is 2.34. The van der Waals surface area contributed by atoms with Crippen molar-refractivity contribution in [3.05, 3.63) is 33.4 Å². The highest BCUT2D eigenvalue weighted by atomic mass is 32.2. The van der Waals surface area contributed by atoms with Gasteiger partial charge in [-0.2, -0.15) is 0 Å². The van der Waals surface area contributed by atoms with E-state index in [-0.39, 0.29) is 22.7 Å². The molecular weight excluding hydrogens is 306 g/mol. The Morgan fingerprint density at radius 1 is 1.36 bits per heavy atom. The second-order valence-electron chi connectivity index (χ2n) is 5.84. The highest BCUT2D eigenvalue weighted by Gasteiger charge is 2.27. The maximum absolute atomic E-state index is 12.6. The lowest BCUT2D eigenvalue weighted by molar-refractivity contribution is -0.385. The van der Waals surface area contributed by atoms with Gasteiger partial charge in [0.25, 0.3) is 5.69 Å². The number of nitro groups is 1. The van der Waals surface area contributed by atoms with E-state index in [2.05, 4.69) is 10.0 Å². The minimum atomic E-state index is -3.77. The summed E-state index contributed by atoms with van der Waals surface area (Å²) in [7, 11) is -3.77. The van der Waals surface area contributed by atoms with Gasteiger partial charge >= 0.3 is 0 Å². The maximum atomic E-state index is 12.6. The molecule has 2 atom stereocenters. The fourth-order valence-electron chi connectivity index (χ4n) is 2.72. The predicted octanol–water partition coefficient (Wildman–Crippen LogP) is 1.63. The van der Waals surface area contributed by atoms with E-state index in [1.165, 1.54) is 6.07 Å². The van der Waals surface area contributed by atoms with Gasteiger partial charge in [-0.05, 0) is 51.3 Å². The summed E-state index contributed by atoms with van der Waals surface area (Å²) in [6.07, 6.45) is 1.41. The number of sulfonamides is 1. The molecule has 0 radical (unpaired) electrons. The number of piperidine rings is 1. The van der Waals surface area contributed by atoms with Crippen LogP contribution in [0.1, 0.15) is 30.9 Å². The van der Waals surface area contributed by atoms with Crippen molar-refractivity contribution >= 4 is 15.7 Å². The summed E-state index contributed by atoms with van der Waals surface area (Å²) in [6, 6.07) is 2.62. The van der Waals surface area contributed by atoms with Crippen molar-refractivity contribution in [2.75, 3.05) is 6.54 Å². The molecule has 0 saturated carbocycles. The molecule has 1 fully saturated rings. The molecule has 2 N–H and O–H groups in total. The zero-order valence-corrected chi connectivity index (χ0v) is 13.7. The van der Waals surface area contributed by atoms with Gasteiger partial charge in [0.2, 0.25) is 10.0 Å². The van der Waals surface area contributed by atoms with Crippen LogP contribution >= 0.6 is 0 Å². The third kappa shape index (κ3) is 3.63. The normalized spacial score (nSPS) is 22.5. The van der Waals surface area contributed by atoms with Crippen LogP contribution in [0.5, 0.6) is 0 Å². The van der Waals surface area contributed by atoms with Crippen molar-refractivity contribution in [1.82, 2.24) is 10.0 Å². The van der Waals surface area contributed by atoms with Crippen molar-refractivity contribution in [1.29, 1.82) is 0 Å². The largest absolute Gasteiger partial charge is 0.314 e.